The zero-order valence-corrected chi connectivity index (χ0v) is 15.7. The molecule has 0 bridgehead atoms. The van der Waals surface area contributed by atoms with E-state index >= 15 is 0 Å². The number of thiazole rings is 1. The quantitative estimate of drug-likeness (QED) is 0.647. The number of hydrogen-bond donors (Lipinski definition) is 2. The minimum Gasteiger partial charge on any atom is -0.325 e. The SMILES string of the molecule is Cc1nn2c(NC(=O)CSCC(=O)Nc3ccc(F)cc3)csc2nc1=O. The summed E-state index contributed by atoms with van der Waals surface area (Å²) < 4.78 is 14.2. The number of benzene rings is 1. The van der Waals surface area contributed by atoms with Gasteiger partial charge in [-0.15, -0.1) is 23.1 Å². The van der Waals surface area contributed by atoms with E-state index in [-0.39, 0.29) is 34.8 Å². The normalized spacial score (nSPS) is 10.7. The maximum Gasteiger partial charge on any atom is 0.295 e. The van der Waals surface area contributed by atoms with E-state index in [1.807, 2.05) is 0 Å². The molecule has 0 atom stereocenters. The minimum absolute atomic E-state index is 0.0563. The highest BCUT2D eigenvalue weighted by molar-refractivity contribution is 8.00. The maximum atomic E-state index is 12.8. The Balaban J connectivity index is 1.50. The zero-order valence-electron chi connectivity index (χ0n) is 14.1. The van der Waals surface area contributed by atoms with Crippen molar-refractivity contribution in [3.63, 3.8) is 0 Å². The zero-order chi connectivity index (χ0) is 19.4. The van der Waals surface area contributed by atoms with Crippen LogP contribution >= 0.6 is 23.1 Å². The van der Waals surface area contributed by atoms with Crippen LogP contribution in [-0.4, -0.2) is 37.9 Å². The van der Waals surface area contributed by atoms with Crippen LogP contribution in [0.25, 0.3) is 4.96 Å². The molecular weight excluding hydrogens is 393 g/mol. The Hall–Kier alpha value is -2.79. The fourth-order valence-electron chi connectivity index (χ4n) is 2.07. The molecular formula is C16H14FN5O3S2. The standard InChI is InChI=1S/C16H14FN5O3S2/c1-9-15(25)20-16-22(21-9)12(6-27-16)19-14(24)8-26-7-13(23)18-11-4-2-10(17)3-5-11/h2-6H,7-8H2,1H3,(H,18,23)(H,19,24). The largest absolute Gasteiger partial charge is 0.325 e. The number of nitrogens with zero attached hydrogens (tertiary/aromatic N) is 3. The summed E-state index contributed by atoms with van der Waals surface area (Å²) in [7, 11) is 0. The van der Waals surface area contributed by atoms with Gasteiger partial charge in [-0.25, -0.2) is 4.39 Å². The number of halogens is 1. The van der Waals surface area contributed by atoms with Crippen molar-refractivity contribution in [2.24, 2.45) is 0 Å². The molecule has 140 valence electrons. The first-order valence-corrected chi connectivity index (χ1v) is 9.74. The third-order valence-electron chi connectivity index (χ3n) is 3.30. The number of amides is 2. The fraction of sp³-hybridized carbons (Fsp3) is 0.188. The molecule has 3 aromatic rings. The van der Waals surface area contributed by atoms with Crippen LogP contribution < -0.4 is 16.2 Å². The van der Waals surface area contributed by atoms with Crippen LogP contribution in [0.1, 0.15) is 5.69 Å². The number of carbonyl (C=O) groups excluding carboxylic acids is 2. The fourth-order valence-corrected chi connectivity index (χ4v) is 3.44. The van der Waals surface area contributed by atoms with E-state index in [0.29, 0.717) is 16.5 Å². The third kappa shape index (κ3) is 4.89. The first kappa shape index (κ1) is 19.0. The number of aromatic nitrogens is 3. The van der Waals surface area contributed by atoms with Crippen molar-refractivity contribution < 1.29 is 14.0 Å². The average molecular weight is 407 g/mol. The highest BCUT2D eigenvalue weighted by atomic mass is 32.2. The molecule has 0 saturated carbocycles. The van der Waals surface area contributed by atoms with Gasteiger partial charge in [-0.05, 0) is 31.2 Å². The predicted octanol–water partition coefficient (Wildman–Crippen LogP) is 1.91. The molecule has 0 unspecified atom stereocenters. The van der Waals surface area contributed by atoms with E-state index in [2.05, 4.69) is 20.7 Å². The van der Waals surface area contributed by atoms with Crippen LogP contribution in [0, 0.1) is 12.7 Å². The van der Waals surface area contributed by atoms with Crippen molar-refractivity contribution in [2.75, 3.05) is 22.1 Å². The van der Waals surface area contributed by atoms with Gasteiger partial charge >= 0.3 is 0 Å². The first-order valence-electron chi connectivity index (χ1n) is 7.70. The van der Waals surface area contributed by atoms with Gasteiger partial charge in [0.1, 0.15) is 17.3 Å². The minimum atomic E-state index is -0.405. The summed E-state index contributed by atoms with van der Waals surface area (Å²) in [5.41, 5.74) is 0.310. The number of thioether (sulfide) groups is 1. The van der Waals surface area contributed by atoms with Crippen LogP contribution in [0.4, 0.5) is 15.9 Å². The molecule has 2 amide bonds. The molecule has 8 nitrogen and oxygen atoms in total. The second-order valence-corrected chi connectivity index (χ2v) is 7.24. The predicted molar refractivity (Wildman–Crippen MR) is 103 cm³/mol. The highest BCUT2D eigenvalue weighted by Crippen LogP contribution is 2.17. The Kier molecular flexibility index (Phi) is 5.81. The van der Waals surface area contributed by atoms with Crippen LogP contribution in [0.3, 0.4) is 0 Å². The number of fused-ring (bicyclic) bond motifs is 1. The molecule has 2 heterocycles. The van der Waals surface area contributed by atoms with E-state index < -0.39 is 5.56 Å². The van der Waals surface area contributed by atoms with E-state index in [0.717, 1.165) is 11.8 Å². The molecule has 0 aliphatic rings. The Morgan fingerprint density at radius 1 is 1.19 bits per heavy atom. The second-order valence-electron chi connectivity index (χ2n) is 5.41. The molecule has 0 spiro atoms. The smallest absolute Gasteiger partial charge is 0.295 e. The van der Waals surface area contributed by atoms with Crippen molar-refractivity contribution in [1.29, 1.82) is 0 Å². The van der Waals surface area contributed by atoms with Gasteiger partial charge in [0.05, 0.1) is 11.5 Å². The molecule has 2 aromatic heterocycles. The second kappa shape index (κ2) is 8.27. The molecule has 0 saturated heterocycles. The Morgan fingerprint density at radius 3 is 2.56 bits per heavy atom. The van der Waals surface area contributed by atoms with Crippen molar-refractivity contribution in [3.8, 4) is 0 Å². The van der Waals surface area contributed by atoms with Crippen LogP contribution in [0.5, 0.6) is 0 Å². The lowest BCUT2D eigenvalue weighted by Gasteiger charge is -2.06. The molecule has 27 heavy (non-hydrogen) atoms. The van der Waals surface area contributed by atoms with Gasteiger partial charge in [0.2, 0.25) is 16.8 Å². The summed E-state index contributed by atoms with van der Waals surface area (Å²) in [5, 5.41) is 11.0. The van der Waals surface area contributed by atoms with Gasteiger partial charge in [0.25, 0.3) is 5.56 Å². The van der Waals surface area contributed by atoms with Gasteiger partial charge in [0.15, 0.2) is 0 Å². The van der Waals surface area contributed by atoms with Crippen LogP contribution in [0.15, 0.2) is 34.4 Å². The monoisotopic (exact) mass is 407 g/mol. The Morgan fingerprint density at radius 2 is 1.85 bits per heavy atom. The van der Waals surface area contributed by atoms with Gasteiger partial charge in [-0.3, -0.25) is 14.4 Å². The number of hydrogen-bond acceptors (Lipinski definition) is 7. The summed E-state index contributed by atoms with van der Waals surface area (Å²) in [6.07, 6.45) is 0. The van der Waals surface area contributed by atoms with Gasteiger partial charge in [0, 0.05) is 11.1 Å². The molecule has 1 aromatic carbocycles. The highest BCUT2D eigenvalue weighted by Gasteiger charge is 2.12. The Labute approximate surface area is 160 Å². The van der Waals surface area contributed by atoms with Gasteiger partial charge in [-0.2, -0.15) is 14.6 Å². The van der Waals surface area contributed by atoms with Gasteiger partial charge in [-0.1, -0.05) is 0 Å². The summed E-state index contributed by atoms with van der Waals surface area (Å²) in [6.45, 7) is 1.54. The number of rotatable bonds is 6. The summed E-state index contributed by atoms with van der Waals surface area (Å²) in [4.78, 5) is 39.6. The number of carbonyl (C=O) groups is 2. The van der Waals surface area contributed by atoms with Crippen molar-refractivity contribution in [1.82, 2.24) is 14.6 Å². The van der Waals surface area contributed by atoms with E-state index in [1.54, 1.807) is 12.3 Å². The van der Waals surface area contributed by atoms with Gasteiger partial charge < -0.3 is 10.6 Å². The lowest BCUT2D eigenvalue weighted by Crippen LogP contribution is -2.20. The molecule has 0 aliphatic carbocycles. The lowest BCUT2D eigenvalue weighted by atomic mass is 10.3. The molecule has 0 radical (unpaired) electrons. The van der Waals surface area contributed by atoms with E-state index in [4.69, 9.17) is 0 Å². The number of aryl methyl sites for hydroxylation is 1. The van der Waals surface area contributed by atoms with Crippen molar-refractivity contribution in [2.45, 2.75) is 6.92 Å². The third-order valence-corrected chi connectivity index (χ3v) is 5.05. The van der Waals surface area contributed by atoms with Crippen molar-refractivity contribution in [3.05, 3.63) is 51.5 Å². The summed E-state index contributed by atoms with van der Waals surface area (Å²) in [6, 6.07) is 5.42. The number of anilines is 2. The summed E-state index contributed by atoms with van der Waals surface area (Å²) in [5.74, 6) is -0.454. The molecule has 2 N–H and O–H groups in total. The topological polar surface area (TPSA) is 105 Å². The molecule has 0 fully saturated rings. The van der Waals surface area contributed by atoms with E-state index in [1.165, 1.54) is 40.1 Å². The lowest BCUT2D eigenvalue weighted by molar-refractivity contribution is -0.114. The van der Waals surface area contributed by atoms with Crippen LogP contribution in [-0.2, 0) is 9.59 Å². The van der Waals surface area contributed by atoms with E-state index in [9.17, 15) is 18.8 Å². The van der Waals surface area contributed by atoms with Crippen LogP contribution in [0.2, 0.25) is 0 Å². The van der Waals surface area contributed by atoms with Crippen molar-refractivity contribution >= 4 is 51.4 Å². The molecule has 0 aliphatic heterocycles. The average Bonchev–Trinajstić information content (AvgIpc) is 2.99. The molecule has 3 rings (SSSR count). The summed E-state index contributed by atoms with van der Waals surface area (Å²) >= 11 is 2.32. The Bertz CT molecular complexity index is 1050. The number of nitrogens with one attached hydrogen (secondary N) is 2. The molecule has 11 heteroatoms. The maximum absolute atomic E-state index is 12.8. The first-order chi connectivity index (χ1) is 12.9.